The molecule has 1 aromatic carbocycles. The largest absolute Gasteiger partial charge is 0.319 e. The minimum atomic E-state index is -0.651. The monoisotopic (exact) mass is 325 g/mol. The summed E-state index contributed by atoms with van der Waals surface area (Å²) >= 11 is 11.8. The average molecular weight is 326 g/mol. The highest BCUT2D eigenvalue weighted by atomic mass is 35.5. The van der Waals surface area contributed by atoms with Gasteiger partial charge in [0.1, 0.15) is 5.02 Å². The fourth-order valence-electron chi connectivity index (χ4n) is 1.69. The second-order valence-corrected chi connectivity index (χ2v) is 4.88. The number of hydrogen-bond donors (Lipinski definition) is 1. The molecule has 1 aromatic heterocycles. The van der Waals surface area contributed by atoms with Gasteiger partial charge in [0, 0.05) is 12.3 Å². The summed E-state index contributed by atoms with van der Waals surface area (Å²) in [5, 5.41) is 13.3. The first-order valence-electron chi connectivity index (χ1n) is 5.77. The summed E-state index contributed by atoms with van der Waals surface area (Å²) in [6.45, 7) is 1.75. The molecule has 0 saturated carbocycles. The van der Waals surface area contributed by atoms with Crippen LogP contribution < -0.4 is 5.32 Å². The summed E-state index contributed by atoms with van der Waals surface area (Å²) in [5.74, 6) is -0.596. The van der Waals surface area contributed by atoms with Gasteiger partial charge in [-0.25, -0.2) is 4.98 Å². The van der Waals surface area contributed by atoms with Gasteiger partial charge in [0.15, 0.2) is 5.15 Å². The highest BCUT2D eigenvalue weighted by molar-refractivity contribution is 6.37. The fourth-order valence-corrected chi connectivity index (χ4v) is 2.23. The van der Waals surface area contributed by atoms with Crippen molar-refractivity contribution in [2.45, 2.75) is 6.92 Å². The van der Waals surface area contributed by atoms with Gasteiger partial charge in [-0.3, -0.25) is 14.9 Å². The van der Waals surface area contributed by atoms with Crippen molar-refractivity contribution in [1.82, 2.24) is 4.98 Å². The van der Waals surface area contributed by atoms with Crippen molar-refractivity contribution < 1.29 is 9.72 Å². The lowest BCUT2D eigenvalue weighted by Crippen LogP contribution is -2.14. The predicted octanol–water partition coefficient (Wildman–Crippen LogP) is 3.86. The number of rotatable bonds is 3. The smallest absolute Gasteiger partial charge is 0.288 e. The van der Waals surface area contributed by atoms with Crippen molar-refractivity contribution in [2.75, 3.05) is 5.32 Å². The minimum absolute atomic E-state index is 0.00909. The Morgan fingerprint density at radius 3 is 2.67 bits per heavy atom. The highest BCUT2D eigenvalue weighted by Gasteiger charge is 2.21. The molecule has 0 saturated heterocycles. The number of halogens is 2. The summed E-state index contributed by atoms with van der Waals surface area (Å²) in [7, 11) is 0. The maximum absolute atomic E-state index is 12.2. The van der Waals surface area contributed by atoms with E-state index in [0.29, 0.717) is 11.3 Å². The molecule has 0 radical (unpaired) electrons. The molecule has 1 amide bonds. The van der Waals surface area contributed by atoms with Gasteiger partial charge in [0.05, 0.1) is 16.2 Å². The number of nitro benzene ring substituents is 1. The number of carbonyl (C=O) groups excluding carboxylic acids is 1. The molecule has 21 heavy (non-hydrogen) atoms. The second kappa shape index (κ2) is 6.07. The number of anilines is 1. The quantitative estimate of drug-likeness (QED) is 0.527. The predicted molar refractivity (Wildman–Crippen MR) is 80.0 cm³/mol. The molecule has 0 unspecified atom stereocenters. The van der Waals surface area contributed by atoms with Crippen molar-refractivity contribution in [1.29, 1.82) is 0 Å². The molecule has 0 spiro atoms. The van der Waals surface area contributed by atoms with Gasteiger partial charge in [0.2, 0.25) is 0 Å². The first kappa shape index (κ1) is 15.2. The van der Waals surface area contributed by atoms with E-state index in [4.69, 9.17) is 23.2 Å². The molecule has 108 valence electrons. The summed E-state index contributed by atoms with van der Waals surface area (Å²) in [6, 6.07) is 5.68. The van der Waals surface area contributed by atoms with E-state index in [9.17, 15) is 14.9 Å². The summed E-state index contributed by atoms with van der Waals surface area (Å²) in [6.07, 6.45) is 1.51. The number of nitrogens with one attached hydrogen (secondary N) is 1. The summed E-state index contributed by atoms with van der Waals surface area (Å²) in [5.41, 5.74) is 0.708. The van der Waals surface area contributed by atoms with Crippen molar-refractivity contribution in [2.24, 2.45) is 0 Å². The Balaban J connectivity index is 2.38. The van der Waals surface area contributed by atoms with Gasteiger partial charge in [-0.2, -0.15) is 0 Å². The molecule has 2 aromatic rings. The van der Waals surface area contributed by atoms with Crippen molar-refractivity contribution in [3.05, 3.63) is 61.9 Å². The summed E-state index contributed by atoms with van der Waals surface area (Å²) < 4.78 is 0. The van der Waals surface area contributed by atoms with Crippen LogP contribution in [0.2, 0.25) is 10.2 Å². The molecule has 1 heterocycles. The lowest BCUT2D eigenvalue weighted by atomic mass is 10.1. The number of aromatic nitrogens is 1. The number of nitro groups is 1. The Hall–Kier alpha value is -2.18. The third-order valence-electron chi connectivity index (χ3n) is 2.77. The number of benzene rings is 1. The summed E-state index contributed by atoms with van der Waals surface area (Å²) in [4.78, 5) is 26.2. The molecule has 0 aliphatic carbocycles. The molecule has 6 nitrogen and oxygen atoms in total. The van der Waals surface area contributed by atoms with Crippen molar-refractivity contribution in [3.63, 3.8) is 0 Å². The number of pyridine rings is 1. The zero-order valence-corrected chi connectivity index (χ0v) is 12.3. The van der Waals surface area contributed by atoms with Crippen LogP contribution in [0.25, 0.3) is 0 Å². The van der Waals surface area contributed by atoms with Crippen LogP contribution >= 0.6 is 23.2 Å². The van der Waals surface area contributed by atoms with Gasteiger partial charge in [-0.05, 0) is 24.6 Å². The van der Waals surface area contributed by atoms with Crippen molar-refractivity contribution >= 4 is 40.5 Å². The van der Waals surface area contributed by atoms with Gasteiger partial charge in [-0.15, -0.1) is 0 Å². The number of aryl methyl sites for hydroxylation is 1. The Bertz CT molecular complexity index is 714. The van der Waals surface area contributed by atoms with E-state index < -0.39 is 10.8 Å². The molecule has 0 bridgehead atoms. The molecule has 0 aliphatic rings. The first-order chi connectivity index (χ1) is 9.91. The molecule has 0 atom stereocenters. The van der Waals surface area contributed by atoms with Crippen LogP contribution in [0.5, 0.6) is 0 Å². The minimum Gasteiger partial charge on any atom is -0.319 e. The normalized spacial score (nSPS) is 10.2. The van der Waals surface area contributed by atoms with E-state index >= 15 is 0 Å². The number of hydrogen-bond acceptors (Lipinski definition) is 4. The van der Waals surface area contributed by atoms with Gasteiger partial charge in [-0.1, -0.05) is 29.3 Å². The van der Waals surface area contributed by atoms with Crippen LogP contribution in [-0.4, -0.2) is 15.8 Å². The third kappa shape index (κ3) is 3.12. The van der Waals surface area contributed by atoms with E-state index in [1.54, 1.807) is 13.0 Å². The molecule has 8 heteroatoms. The Morgan fingerprint density at radius 2 is 2.05 bits per heavy atom. The Morgan fingerprint density at radius 1 is 1.33 bits per heavy atom. The second-order valence-electron chi connectivity index (χ2n) is 4.14. The molecule has 2 rings (SSSR count). The number of nitrogens with zero attached hydrogens (tertiary/aromatic N) is 2. The standard InChI is InChI=1S/C13H9Cl2N3O3/c1-7-5-6-16-12(15)11(7)17-13(19)8-3-2-4-9(10(8)14)18(20)21/h2-6H,1H3,(H,17,19). The molecule has 0 aliphatic heterocycles. The number of amides is 1. The molecular weight excluding hydrogens is 317 g/mol. The van der Waals surface area contributed by atoms with E-state index in [1.807, 2.05) is 0 Å². The Labute approximate surface area is 129 Å². The molecule has 0 fully saturated rings. The maximum atomic E-state index is 12.2. The topological polar surface area (TPSA) is 85.1 Å². The van der Waals surface area contributed by atoms with Crippen LogP contribution in [0.1, 0.15) is 15.9 Å². The first-order valence-corrected chi connectivity index (χ1v) is 6.52. The van der Waals surface area contributed by atoms with Crippen LogP contribution in [0.15, 0.2) is 30.5 Å². The molecular formula is C13H9Cl2N3O3. The van der Waals surface area contributed by atoms with Gasteiger partial charge in [0.25, 0.3) is 11.6 Å². The average Bonchev–Trinajstić information content (AvgIpc) is 2.42. The Kier molecular flexibility index (Phi) is 4.40. The number of carbonyl (C=O) groups is 1. The molecule has 1 N–H and O–H groups in total. The van der Waals surface area contributed by atoms with Crippen LogP contribution in [0.3, 0.4) is 0 Å². The van der Waals surface area contributed by atoms with Crippen LogP contribution in [0, 0.1) is 17.0 Å². The van der Waals surface area contributed by atoms with Crippen LogP contribution in [0.4, 0.5) is 11.4 Å². The highest BCUT2D eigenvalue weighted by Crippen LogP contribution is 2.29. The fraction of sp³-hybridized carbons (Fsp3) is 0.0769. The van der Waals surface area contributed by atoms with E-state index in [-0.39, 0.29) is 21.4 Å². The van der Waals surface area contributed by atoms with Gasteiger partial charge < -0.3 is 5.32 Å². The third-order valence-corrected chi connectivity index (χ3v) is 3.46. The van der Waals surface area contributed by atoms with E-state index in [1.165, 1.54) is 24.4 Å². The lowest BCUT2D eigenvalue weighted by Gasteiger charge is -2.10. The van der Waals surface area contributed by atoms with Crippen LogP contribution in [-0.2, 0) is 0 Å². The zero-order chi connectivity index (χ0) is 15.6. The van der Waals surface area contributed by atoms with E-state index in [2.05, 4.69) is 10.3 Å². The van der Waals surface area contributed by atoms with Gasteiger partial charge >= 0.3 is 0 Å². The lowest BCUT2D eigenvalue weighted by molar-refractivity contribution is -0.384. The SMILES string of the molecule is Cc1ccnc(Cl)c1NC(=O)c1cccc([N+](=O)[O-])c1Cl. The van der Waals surface area contributed by atoms with E-state index in [0.717, 1.165) is 0 Å². The zero-order valence-electron chi connectivity index (χ0n) is 10.8. The van der Waals surface area contributed by atoms with Crippen molar-refractivity contribution in [3.8, 4) is 0 Å². The maximum Gasteiger partial charge on any atom is 0.288 e.